The predicted molar refractivity (Wildman–Crippen MR) is 133 cm³/mol. The van der Waals surface area contributed by atoms with Gasteiger partial charge in [0.05, 0.1) is 12.3 Å². The van der Waals surface area contributed by atoms with E-state index in [1.54, 1.807) is 0 Å². The highest BCUT2D eigenvalue weighted by Crippen LogP contribution is 2.33. The minimum atomic E-state index is 0.205. The molecular formula is C27H31N5O. The van der Waals surface area contributed by atoms with Crippen LogP contribution in [0.3, 0.4) is 0 Å². The third-order valence-corrected chi connectivity index (χ3v) is 6.59. The minimum Gasteiger partial charge on any atom is -0.395 e. The van der Waals surface area contributed by atoms with Crippen LogP contribution < -0.4 is 4.90 Å². The SMILES string of the molecule is Cc1nc2c(-c3ccccc3)c(C)nn2c(N2CCN(CCO)CC2)c1Cc1ccccc1. The molecule has 0 amide bonds. The lowest BCUT2D eigenvalue weighted by atomic mass is 10.0. The molecule has 6 nitrogen and oxygen atoms in total. The number of aliphatic hydroxyl groups excluding tert-OH is 1. The highest BCUT2D eigenvalue weighted by Gasteiger charge is 2.26. The first kappa shape index (κ1) is 21.6. The molecule has 0 atom stereocenters. The van der Waals surface area contributed by atoms with Crippen molar-refractivity contribution in [3.05, 3.63) is 83.2 Å². The van der Waals surface area contributed by atoms with E-state index in [1.807, 2.05) is 6.07 Å². The maximum absolute atomic E-state index is 9.35. The van der Waals surface area contributed by atoms with E-state index in [2.05, 4.69) is 82.8 Å². The van der Waals surface area contributed by atoms with Crippen molar-refractivity contribution in [2.75, 3.05) is 44.2 Å². The average Bonchev–Trinajstić information content (AvgIpc) is 3.16. The fraction of sp³-hybridized carbons (Fsp3) is 0.333. The number of aryl methyl sites for hydroxylation is 2. The van der Waals surface area contributed by atoms with Gasteiger partial charge in [0.15, 0.2) is 5.65 Å². The lowest BCUT2D eigenvalue weighted by Gasteiger charge is -2.36. The number of rotatable bonds is 6. The van der Waals surface area contributed by atoms with Gasteiger partial charge in [-0.3, -0.25) is 4.90 Å². The summed E-state index contributed by atoms with van der Waals surface area (Å²) >= 11 is 0. The quantitative estimate of drug-likeness (QED) is 0.494. The van der Waals surface area contributed by atoms with E-state index in [0.29, 0.717) is 0 Å². The van der Waals surface area contributed by atoms with Crippen LogP contribution >= 0.6 is 0 Å². The molecule has 2 aromatic carbocycles. The van der Waals surface area contributed by atoms with Crippen molar-refractivity contribution in [1.29, 1.82) is 0 Å². The van der Waals surface area contributed by atoms with Gasteiger partial charge in [-0.15, -0.1) is 0 Å². The molecule has 0 spiro atoms. The molecule has 0 unspecified atom stereocenters. The number of piperazine rings is 1. The Bertz CT molecular complexity index is 1230. The molecule has 2 aromatic heterocycles. The van der Waals surface area contributed by atoms with Gasteiger partial charge in [-0.25, -0.2) is 4.98 Å². The number of hydrogen-bond donors (Lipinski definition) is 1. The Morgan fingerprint density at radius 1 is 0.848 bits per heavy atom. The molecule has 5 rings (SSSR count). The van der Waals surface area contributed by atoms with Crippen LogP contribution in [0.1, 0.15) is 22.5 Å². The van der Waals surface area contributed by atoms with E-state index in [-0.39, 0.29) is 6.61 Å². The van der Waals surface area contributed by atoms with Gasteiger partial charge in [0.1, 0.15) is 5.82 Å². The standard InChI is InChI=1S/C27H31N5O/c1-20-24(19-22-9-5-3-6-10-22)27(31-15-13-30(14-16-31)17-18-33)32-26(28-20)25(21(2)29-32)23-11-7-4-8-12-23/h3-12,33H,13-19H2,1-2H3. The summed E-state index contributed by atoms with van der Waals surface area (Å²) in [5.41, 5.74) is 7.71. The molecule has 1 fully saturated rings. The summed E-state index contributed by atoms with van der Waals surface area (Å²) in [5, 5.41) is 14.4. The fourth-order valence-electron chi connectivity index (χ4n) is 4.88. The van der Waals surface area contributed by atoms with E-state index in [9.17, 15) is 5.11 Å². The molecule has 0 aliphatic carbocycles. The molecular weight excluding hydrogens is 410 g/mol. The maximum atomic E-state index is 9.35. The van der Waals surface area contributed by atoms with Crippen molar-refractivity contribution < 1.29 is 5.11 Å². The van der Waals surface area contributed by atoms with Crippen molar-refractivity contribution in [3.8, 4) is 11.1 Å². The molecule has 0 saturated carbocycles. The van der Waals surface area contributed by atoms with Gasteiger partial charge in [0.2, 0.25) is 0 Å². The highest BCUT2D eigenvalue weighted by atomic mass is 16.3. The molecule has 1 aliphatic heterocycles. The Hall–Kier alpha value is -3.22. The Labute approximate surface area is 195 Å². The van der Waals surface area contributed by atoms with Crippen molar-refractivity contribution in [2.45, 2.75) is 20.3 Å². The summed E-state index contributed by atoms with van der Waals surface area (Å²) in [6.07, 6.45) is 0.821. The normalized spacial score (nSPS) is 14.8. The largest absolute Gasteiger partial charge is 0.395 e. The third kappa shape index (κ3) is 4.24. The van der Waals surface area contributed by atoms with Gasteiger partial charge in [-0.05, 0) is 25.0 Å². The Morgan fingerprint density at radius 3 is 2.18 bits per heavy atom. The average molecular weight is 442 g/mol. The number of anilines is 1. The third-order valence-electron chi connectivity index (χ3n) is 6.59. The van der Waals surface area contributed by atoms with Crippen LogP contribution in [0.25, 0.3) is 16.8 Å². The van der Waals surface area contributed by atoms with Crippen LogP contribution in [-0.4, -0.2) is 63.9 Å². The van der Waals surface area contributed by atoms with Crippen LogP contribution in [0.5, 0.6) is 0 Å². The molecule has 33 heavy (non-hydrogen) atoms. The van der Waals surface area contributed by atoms with Crippen molar-refractivity contribution in [2.24, 2.45) is 0 Å². The van der Waals surface area contributed by atoms with Gasteiger partial charge in [-0.1, -0.05) is 60.7 Å². The maximum Gasteiger partial charge on any atom is 0.165 e. The van der Waals surface area contributed by atoms with E-state index in [0.717, 1.165) is 73.1 Å². The van der Waals surface area contributed by atoms with Gasteiger partial charge < -0.3 is 10.0 Å². The number of nitrogens with zero attached hydrogens (tertiary/aromatic N) is 5. The molecule has 1 saturated heterocycles. The van der Waals surface area contributed by atoms with E-state index in [1.165, 1.54) is 11.1 Å². The number of aromatic nitrogens is 3. The first-order valence-electron chi connectivity index (χ1n) is 11.7. The molecule has 3 heterocycles. The van der Waals surface area contributed by atoms with Gasteiger partial charge in [0, 0.05) is 56.0 Å². The van der Waals surface area contributed by atoms with Crippen LogP contribution in [0.15, 0.2) is 60.7 Å². The number of aliphatic hydroxyl groups is 1. The van der Waals surface area contributed by atoms with Crippen molar-refractivity contribution in [1.82, 2.24) is 19.5 Å². The second kappa shape index (κ2) is 9.33. The molecule has 1 aliphatic rings. The second-order valence-electron chi connectivity index (χ2n) is 8.78. The van der Waals surface area contributed by atoms with E-state index >= 15 is 0 Å². The molecule has 0 bridgehead atoms. The highest BCUT2D eigenvalue weighted by molar-refractivity contribution is 5.81. The monoisotopic (exact) mass is 441 g/mol. The van der Waals surface area contributed by atoms with Gasteiger partial charge >= 0.3 is 0 Å². The number of fused-ring (bicyclic) bond motifs is 1. The number of hydrogen-bond acceptors (Lipinski definition) is 5. The summed E-state index contributed by atoms with van der Waals surface area (Å²) < 4.78 is 2.07. The summed E-state index contributed by atoms with van der Waals surface area (Å²) in [6, 6.07) is 21.0. The lowest BCUT2D eigenvalue weighted by molar-refractivity contribution is 0.188. The summed E-state index contributed by atoms with van der Waals surface area (Å²) in [5.74, 6) is 1.15. The molecule has 0 radical (unpaired) electrons. The smallest absolute Gasteiger partial charge is 0.165 e. The molecule has 1 N–H and O–H groups in total. The summed E-state index contributed by atoms with van der Waals surface area (Å²) in [4.78, 5) is 9.87. The Kier molecular flexibility index (Phi) is 6.11. The van der Waals surface area contributed by atoms with Crippen LogP contribution in [-0.2, 0) is 6.42 Å². The zero-order valence-corrected chi connectivity index (χ0v) is 19.4. The number of benzene rings is 2. The van der Waals surface area contributed by atoms with Crippen molar-refractivity contribution in [3.63, 3.8) is 0 Å². The first-order chi connectivity index (χ1) is 16.2. The van der Waals surface area contributed by atoms with Crippen LogP contribution in [0.2, 0.25) is 0 Å². The fourth-order valence-corrected chi connectivity index (χ4v) is 4.88. The van der Waals surface area contributed by atoms with Gasteiger partial charge in [-0.2, -0.15) is 9.61 Å². The summed E-state index contributed by atoms with van der Waals surface area (Å²) in [7, 11) is 0. The van der Waals surface area contributed by atoms with E-state index in [4.69, 9.17) is 10.1 Å². The minimum absolute atomic E-state index is 0.205. The zero-order valence-electron chi connectivity index (χ0n) is 19.4. The van der Waals surface area contributed by atoms with Gasteiger partial charge in [0.25, 0.3) is 0 Å². The molecule has 6 heteroatoms. The Balaban J connectivity index is 1.66. The Morgan fingerprint density at radius 2 is 1.52 bits per heavy atom. The second-order valence-corrected chi connectivity index (χ2v) is 8.78. The first-order valence-corrected chi connectivity index (χ1v) is 11.7. The van der Waals surface area contributed by atoms with Crippen LogP contribution in [0, 0.1) is 13.8 Å². The van der Waals surface area contributed by atoms with E-state index < -0.39 is 0 Å². The topological polar surface area (TPSA) is 56.9 Å². The zero-order chi connectivity index (χ0) is 22.8. The lowest BCUT2D eigenvalue weighted by Crippen LogP contribution is -2.48. The molecule has 170 valence electrons. The summed E-state index contributed by atoms with van der Waals surface area (Å²) in [6.45, 7) is 8.80. The van der Waals surface area contributed by atoms with Crippen molar-refractivity contribution >= 4 is 11.5 Å². The predicted octanol–water partition coefficient (Wildman–Crippen LogP) is 3.72. The number of β-amino-alcohol motifs (C(OH)–C–C–N with tert-alkyl or cyclic N) is 1. The molecule has 4 aromatic rings. The van der Waals surface area contributed by atoms with Crippen LogP contribution in [0.4, 0.5) is 5.82 Å².